The van der Waals surface area contributed by atoms with Gasteiger partial charge in [0, 0.05) is 13.0 Å². The van der Waals surface area contributed by atoms with Gasteiger partial charge in [-0.05, 0) is 63.9 Å². The lowest BCUT2D eigenvalue weighted by atomic mass is 9.89. The normalized spacial score (nSPS) is 12.4. The van der Waals surface area contributed by atoms with Crippen LogP contribution in [0.2, 0.25) is 0 Å². The second kappa shape index (κ2) is 22.9. The van der Waals surface area contributed by atoms with Crippen LogP contribution in [0.4, 0.5) is 4.79 Å². The number of ether oxygens (including phenoxy) is 2. The summed E-state index contributed by atoms with van der Waals surface area (Å²) in [6, 6.07) is 8.83. The third-order valence-corrected chi connectivity index (χ3v) is 7.51. The van der Waals surface area contributed by atoms with E-state index in [1.165, 1.54) is 64.2 Å². The topological polar surface area (TPSA) is 93.7 Å². The van der Waals surface area contributed by atoms with E-state index in [1.54, 1.807) is 0 Å². The Morgan fingerprint density at radius 2 is 1.25 bits per heavy atom. The number of esters is 1. The highest BCUT2D eigenvalue weighted by molar-refractivity contribution is 5.84. The van der Waals surface area contributed by atoms with Crippen LogP contribution in [0.15, 0.2) is 30.3 Å². The molecule has 0 aliphatic rings. The van der Waals surface area contributed by atoms with Crippen LogP contribution in [0.25, 0.3) is 0 Å². The van der Waals surface area contributed by atoms with Gasteiger partial charge in [0.25, 0.3) is 0 Å². The Labute approximate surface area is 269 Å². The smallest absolute Gasteiger partial charge is 0.407 e. The molecule has 7 heteroatoms. The van der Waals surface area contributed by atoms with Crippen molar-refractivity contribution in [3.05, 3.63) is 35.9 Å². The van der Waals surface area contributed by atoms with E-state index in [2.05, 4.69) is 31.4 Å². The highest BCUT2D eigenvalue weighted by Gasteiger charge is 2.26. The fourth-order valence-electron chi connectivity index (χ4n) is 5.04. The minimum Gasteiger partial charge on any atom is -0.458 e. The molecule has 2 amide bonds. The van der Waals surface area contributed by atoms with Gasteiger partial charge in [-0.25, -0.2) is 9.59 Å². The van der Waals surface area contributed by atoms with E-state index < -0.39 is 23.7 Å². The van der Waals surface area contributed by atoms with Gasteiger partial charge in [0.1, 0.15) is 18.2 Å². The molecular weight excluding hydrogens is 552 g/mol. The molecule has 252 valence electrons. The van der Waals surface area contributed by atoms with Crippen molar-refractivity contribution in [2.24, 2.45) is 5.41 Å². The number of carbonyl (C=O) groups excluding carboxylic acids is 3. The van der Waals surface area contributed by atoms with E-state index in [9.17, 15) is 14.4 Å². The van der Waals surface area contributed by atoms with Gasteiger partial charge in [-0.1, -0.05) is 122 Å². The Morgan fingerprint density at radius 3 is 1.80 bits per heavy atom. The molecule has 0 radical (unpaired) electrons. The fourth-order valence-corrected chi connectivity index (χ4v) is 5.04. The van der Waals surface area contributed by atoms with Gasteiger partial charge in [0.05, 0.1) is 0 Å². The molecule has 0 aliphatic heterocycles. The molecule has 1 aromatic carbocycles. The number of amides is 2. The van der Waals surface area contributed by atoms with Gasteiger partial charge in [-0.15, -0.1) is 0 Å². The summed E-state index contributed by atoms with van der Waals surface area (Å²) in [6.07, 6.45) is 18.0. The van der Waals surface area contributed by atoms with Crippen LogP contribution >= 0.6 is 0 Å². The number of hydrogen-bond donors (Lipinski definition) is 2. The molecule has 2 N–H and O–H groups in total. The molecule has 0 spiro atoms. The summed E-state index contributed by atoms with van der Waals surface area (Å²) in [6.45, 7) is 13.1. The molecule has 0 saturated heterocycles. The van der Waals surface area contributed by atoms with Gasteiger partial charge < -0.3 is 20.1 Å². The minimum atomic E-state index is -0.690. The number of unbranched alkanes of at least 4 members (excludes halogenated alkanes) is 12. The maximum atomic E-state index is 12.8. The molecule has 0 heterocycles. The van der Waals surface area contributed by atoms with Crippen LogP contribution in [0.5, 0.6) is 0 Å². The Kier molecular flexibility index (Phi) is 20.5. The molecule has 0 saturated carbocycles. The van der Waals surface area contributed by atoms with Gasteiger partial charge >= 0.3 is 12.1 Å². The molecule has 1 atom stereocenters. The summed E-state index contributed by atoms with van der Waals surface area (Å²) >= 11 is 0. The average molecular weight is 617 g/mol. The summed E-state index contributed by atoms with van der Waals surface area (Å²) in [7, 11) is 0. The maximum absolute atomic E-state index is 12.8. The Morgan fingerprint density at radius 1 is 0.705 bits per heavy atom. The molecule has 1 aromatic rings. The molecular formula is C37H64N2O5. The van der Waals surface area contributed by atoms with Crippen LogP contribution in [-0.2, 0) is 25.7 Å². The average Bonchev–Trinajstić information content (AvgIpc) is 2.94. The van der Waals surface area contributed by atoms with E-state index >= 15 is 0 Å². The SMILES string of the molecule is CC(C)(C)CCCCCCCCCCCCCCC(=O)N[C@@H](CCCCNC(=O)OCc1ccccc1)C(=O)OC(C)(C)C. The number of rotatable bonds is 23. The van der Waals surface area contributed by atoms with Crippen molar-refractivity contribution in [2.75, 3.05) is 6.54 Å². The first-order valence-corrected chi connectivity index (χ1v) is 17.3. The predicted octanol–water partition coefficient (Wildman–Crippen LogP) is 9.42. The zero-order chi connectivity index (χ0) is 32.7. The first-order valence-electron chi connectivity index (χ1n) is 17.3. The molecule has 7 nitrogen and oxygen atoms in total. The van der Waals surface area contributed by atoms with Crippen molar-refractivity contribution < 1.29 is 23.9 Å². The molecule has 1 rings (SSSR count). The third kappa shape index (κ3) is 23.8. The first kappa shape index (κ1) is 39.5. The number of alkyl carbamates (subject to hydrolysis) is 1. The molecule has 0 unspecified atom stereocenters. The predicted molar refractivity (Wildman–Crippen MR) is 180 cm³/mol. The summed E-state index contributed by atoms with van der Waals surface area (Å²) in [5, 5.41) is 5.64. The quantitative estimate of drug-likeness (QED) is 0.0944. The maximum Gasteiger partial charge on any atom is 0.407 e. The number of carbonyl (C=O) groups is 3. The van der Waals surface area contributed by atoms with Crippen molar-refractivity contribution in [3.8, 4) is 0 Å². The van der Waals surface area contributed by atoms with Gasteiger partial charge in [0.2, 0.25) is 5.91 Å². The van der Waals surface area contributed by atoms with Crippen LogP contribution in [0.3, 0.4) is 0 Å². The molecule has 0 aromatic heterocycles. The second-order valence-electron chi connectivity index (χ2n) is 14.4. The van der Waals surface area contributed by atoms with Crippen molar-refractivity contribution in [1.29, 1.82) is 0 Å². The van der Waals surface area contributed by atoms with Crippen molar-refractivity contribution >= 4 is 18.0 Å². The van der Waals surface area contributed by atoms with Crippen LogP contribution < -0.4 is 10.6 Å². The first-order chi connectivity index (χ1) is 20.9. The van der Waals surface area contributed by atoms with Crippen molar-refractivity contribution in [2.45, 2.75) is 169 Å². The monoisotopic (exact) mass is 616 g/mol. The van der Waals surface area contributed by atoms with Gasteiger partial charge in [0.15, 0.2) is 0 Å². The molecule has 0 fully saturated rings. The third-order valence-electron chi connectivity index (χ3n) is 7.51. The lowest BCUT2D eigenvalue weighted by Gasteiger charge is -2.24. The van der Waals surface area contributed by atoms with Crippen molar-refractivity contribution in [3.63, 3.8) is 0 Å². The summed E-state index contributed by atoms with van der Waals surface area (Å²) < 4.78 is 10.8. The highest BCUT2D eigenvalue weighted by Crippen LogP contribution is 2.23. The number of benzene rings is 1. The summed E-state index contributed by atoms with van der Waals surface area (Å²) in [5.41, 5.74) is 0.766. The zero-order valence-electron chi connectivity index (χ0n) is 28.9. The Hall–Kier alpha value is -2.57. The van der Waals surface area contributed by atoms with E-state index in [0.717, 1.165) is 24.8 Å². The summed E-state index contributed by atoms with van der Waals surface area (Å²) in [4.78, 5) is 37.4. The van der Waals surface area contributed by atoms with Crippen LogP contribution in [0, 0.1) is 5.41 Å². The summed E-state index contributed by atoms with van der Waals surface area (Å²) in [5.74, 6) is -0.517. The van der Waals surface area contributed by atoms with E-state index in [-0.39, 0.29) is 12.5 Å². The van der Waals surface area contributed by atoms with E-state index in [0.29, 0.717) is 37.6 Å². The molecule has 44 heavy (non-hydrogen) atoms. The minimum absolute atomic E-state index is 0.106. The Bertz CT molecular complexity index is 905. The van der Waals surface area contributed by atoms with Crippen LogP contribution in [0.1, 0.15) is 156 Å². The second-order valence-corrected chi connectivity index (χ2v) is 14.4. The number of nitrogens with one attached hydrogen (secondary N) is 2. The fraction of sp³-hybridized carbons (Fsp3) is 0.757. The molecule has 0 bridgehead atoms. The highest BCUT2D eigenvalue weighted by atomic mass is 16.6. The lowest BCUT2D eigenvalue weighted by molar-refractivity contribution is -0.158. The van der Waals surface area contributed by atoms with Crippen molar-refractivity contribution in [1.82, 2.24) is 10.6 Å². The zero-order valence-corrected chi connectivity index (χ0v) is 28.9. The van der Waals surface area contributed by atoms with E-state index in [1.807, 2.05) is 51.1 Å². The lowest BCUT2D eigenvalue weighted by Crippen LogP contribution is -2.44. The van der Waals surface area contributed by atoms with Gasteiger partial charge in [-0.2, -0.15) is 0 Å². The number of hydrogen-bond acceptors (Lipinski definition) is 5. The Balaban J connectivity index is 2.17. The van der Waals surface area contributed by atoms with Crippen LogP contribution in [-0.4, -0.2) is 36.2 Å². The molecule has 0 aliphatic carbocycles. The van der Waals surface area contributed by atoms with E-state index in [4.69, 9.17) is 9.47 Å². The van der Waals surface area contributed by atoms with Gasteiger partial charge in [-0.3, -0.25) is 4.79 Å². The largest absolute Gasteiger partial charge is 0.458 e. The standard InChI is InChI=1S/C37H64N2O5/c1-36(2,3)28-22-16-14-12-10-8-7-9-11-13-15-20-27-33(40)39-32(34(41)44-37(4,5)6)26-21-23-29-38-35(42)43-30-31-24-18-17-19-25-31/h17-19,24-25,32H,7-16,20-23,26-30H2,1-6H3,(H,38,42)(H,39,40)/t32-/m0/s1.